The maximum Gasteiger partial charge on any atom is 0.118 e. The van der Waals surface area contributed by atoms with Crippen molar-refractivity contribution in [1.29, 1.82) is 0 Å². The fourth-order valence-corrected chi connectivity index (χ4v) is 2.93. The van der Waals surface area contributed by atoms with Gasteiger partial charge in [-0.1, -0.05) is 39.0 Å². The van der Waals surface area contributed by atoms with Crippen LogP contribution in [0.2, 0.25) is 0 Å². The standard InChI is InChI=1S/C20H29NO/c1-4-5-6-7-8-9-16-21-17(2)10-15-20(21)18-11-13-19(22-3)14-12-18/h10-15H,4-9,16H2,1-3H3. The molecule has 0 spiro atoms. The summed E-state index contributed by atoms with van der Waals surface area (Å²) in [7, 11) is 1.71. The fourth-order valence-electron chi connectivity index (χ4n) is 2.93. The zero-order valence-electron chi connectivity index (χ0n) is 14.3. The van der Waals surface area contributed by atoms with Gasteiger partial charge in [0.2, 0.25) is 0 Å². The van der Waals surface area contributed by atoms with E-state index in [-0.39, 0.29) is 0 Å². The predicted molar refractivity (Wildman–Crippen MR) is 94.5 cm³/mol. The summed E-state index contributed by atoms with van der Waals surface area (Å²) in [4.78, 5) is 0. The Hall–Kier alpha value is -1.70. The summed E-state index contributed by atoms with van der Waals surface area (Å²) < 4.78 is 7.69. The van der Waals surface area contributed by atoms with E-state index in [1.807, 2.05) is 12.1 Å². The molecule has 0 saturated carbocycles. The van der Waals surface area contributed by atoms with E-state index in [0.29, 0.717) is 0 Å². The summed E-state index contributed by atoms with van der Waals surface area (Å²) in [5.74, 6) is 0.912. The number of benzene rings is 1. The quantitative estimate of drug-likeness (QED) is 0.531. The molecule has 120 valence electrons. The molecule has 2 rings (SSSR count). The molecule has 0 aliphatic rings. The summed E-state index contributed by atoms with van der Waals surface area (Å²) >= 11 is 0. The molecule has 2 aromatic rings. The second-order valence-corrected chi connectivity index (χ2v) is 6.01. The van der Waals surface area contributed by atoms with Gasteiger partial charge in [-0.3, -0.25) is 0 Å². The van der Waals surface area contributed by atoms with Gasteiger partial charge < -0.3 is 9.30 Å². The number of nitrogens with zero attached hydrogens (tertiary/aromatic N) is 1. The van der Waals surface area contributed by atoms with E-state index in [9.17, 15) is 0 Å². The first-order valence-corrected chi connectivity index (χ1v) is 8.56. The van der Waals surface area contributed by atoms with Crippen LogP contribution in [0.15, 0.2) is 36.4 Å². The highest BCUT2D eigenvalue weighted by Crippen LogP contribution is 2.25. The second kappa shape index (κ2) is 8.67. The first-order valence-electron chi connectivity index (χ1n) is 8.56. The molecule has 0 unspecified atom stereocenters. The number of aryl methyl sites for hydroxylation is 1. The minimum atomic E-state index is 0.912. The fraction of sp³-hybridized carbons (Fsp3) is 0.500. The lowest BCUT2D eigenvalue weighted by Crippen LogP contribution is -2.02. The number of ether oxygens (including phenoxy) is 1. The van der Waals surface area contributed by atoms with E-state index in [4.69, 9.17) is 4.74 Å². The molecule has 0 saturated heterocycles. The molecule has 2 heteroatoms. The number of unbranched alkanes of at least 4 members (excludes halogenated alkanes) is 5. The van der Waals surface area contributed by atoms with Gasteiger partial charge in [0.1, 0.15) is 5.75 Å². The van der Waals surface area contributed by atoms with Crippen LogP contribution in [-0.4, -0.2) is 11.7 Å². The zero-order valence-corrected chi connectivity index (χ0v) is 14.3. The summed E-state index contributed by atoms with van der Waals surface area (Å²) in [6, 6.07) is 12.8. The molecule has 1 heterocycles. The number of hydrogen-bond donors (Lipinski definition) is 0. The summed E-state index contributed by atoms with van der Waals surface area (Å²) in [6.07, 6.45) is 8.04. The molecule has 0 fully saturated rings. The van der Waals surface area contributed by atoms with Crippen LogP contribution < -0.4 is 4.74 Å². The lowest BCUT2D eigenvalue weighted by Gasteiger charge is -2.12. The van der Waals surface area contributed by atoms with E-state index >= 15 is 0 Å². The third-order valence-corrected chi connectivity index (χ3v) is 4.32. The molecular formula is C20H29NO. The summed E-state index contributed by atoms with van der Waals surface area (Å²) in [6.45, 7) is 5.58. The van der Waals surface area contributed by atoms with Gasteiger partial charge in [0.15, 0.2) is 0 Å². The van der Waals surface area contributed by atoms with Crippen molar-refractivity contribution in [2.45, 2.75) is 58.9 Å². The van der Waals surface area contributed by atoms with E-state index in [1.165, 1.54) is 55.5 Å². The molecule has 0 bridgehead atoms. The van der Waals surface area contributed by atoms with Gasteiger partial charge in [-0.25, -0.2) is 0 Å². The molecule has 0 N–H and O–H groups in total. The lowest BCUT2D eigenvalue weighted by molar-refractivity contribution is 0.415. The molecule has 0 atom stereocenters. The number of methoxy groups -OCH3 is 1. The number of aromatic nitrogens is 1. The van der Waals surface area contributed by atoms with Crippen LogP contribution in [0.1, 0.15) is 51.1 Å². The van der Waals surface area contributed by atoms with Crippen molar-refractivity contribution in [2.24, 2.45) is 0 Å². The topological polar surface area (TPSA) is 14.2 Å². The van der Waals surface area contributed by atoms with Crippen molar-refractivity contribution in [3.63, 3.8) is 0 Å². The average Bonchev–Trinajstić information content (AvgIpc) is 2.92. The van der Waals surface area contributed by atoms with Crippen LogP contribution in [0, 0.1) is 6.92 Å². The van der Waals surface area contributed by atoms with E-state index in [1.54, 1.807) is 7.11 Å². The molecule has 2 nitrogen and oxygen atoms in total. The maximum atomic E-state index is 5.25. The highest BCUT2D eigenvalue weighted by Gasteiger charge is 2.07. The first kappa shape index (κ1) is 16.7. The highest BCUT2D eigenvalue weighted by molar-refractivity contribution is 5.61. The normalized spacial score (nSPS) is 10.9. The largest absolute Gasteiger partial charge is 0.497 e. The van der Waals surface area contributed by atoms with Gasteiger partial charge in [-0.05, 0) is 55.3 Å². The zero-order chi connectivity index (χ0) is 15.8. The highest BCUT2D eigenvalue weighted by atomic mass is 16.5. The van der Waals surface area contributed by atoms with E-state index in [0.717, 1.165) is 12.3 Å². The molecule has 1 aromatic heterocycles. The Labute approximate surface area is 135 Å². The van der Waals surface area contributed by atoms with Crippen LogP contribution >= 0.6 is 0 Å². The third kappa shape index (κ3) is 4.40. The Balaban J connectivity index is 1.98. The first-order chi connectivity index (χ1) is 10.8. The molecule has 0 amide bonds. The Morgan fingerprint density at radius 2 is 1.55 bits per heavy atom. The van der Waals surface area contributed by atoms with Gasteiger partial charge in [0, 0.05) is 17.9 Å². The van der Waals surface area contributed by atoms with Crippen LogP contribution in [0.25, 0.3) is 11.3 Å². The maximum absolute atomic E-state index is 5.25. The predicted octanol–water partition coefficient (Wildman–Crippen LogP) is 5.83. The number of hydrogen-bond acceptors (Lipinski definition) is 1. The van der Waals surface area contributed by atoms with E-state index < -0.39 is 0 Å². The van der Waals surface area contributed by atoms with Gasteiger partial charge in [0.25, 0.3) is 0 Å². The molecule has 22 heavy (non-hydrogen) atoms. The monoisotopic (exact) mass is 299 g/mol. The molecule has 0 radical (unpaired) electrons. The van der Waals surface area contributed by atoms with E-state index in [2.05, 4.69) is 42.7 Å². The number of rotatable bonds is 9. The van der Waals surface area contributed by atoms with Gasteiger partial charge >= 0.3 is 0 Å². The average molecular weight is 299 g/mol. The van der Waals surface area contributed by atoms with Crippen LogP contribution in [-0.2, 0) is 6.54 Å². The smallest absolute Gasteiger partial charge is 0.118 e. The van der Waals surface area contributed by atoms with Crippen LogP contribution in [0.3, 0.4) is 0 Å². The Morgan fingerprint density at radius 1 is 0.864 bits per heavy atom. The summed E-state index contributed by atoms with van der Waals surface area (Å²) in [5.41, 5.74) is 3.92. The third-order valence-electron chi connectivity index (χ3n) is 4.32. The Bertz CT molecular complexity index is 554. The SMILES string of the molecule is CCCCCCCCn1c(C)ccc1-c1ccc(OC)cc1. The van der Waals surface area contributed by atoms with Crippen molar-refractivity contribution >= 4 is 0 Å². The van der Waals surface area contributed by atoms with Gasteiger partial charge in [-0.15, -0.1) is 0 Å². The molecule has 1 aromatic carbocycles. The van der Waals surface area contributed by atoms with Crippen LogP contribution in [0.4, 0.5) is 0 Å². The van der Waals surface area contributed by atoms with Crippen LogP contribution in [0.5, 0.6) is 5.75 Å². The Kier molecular flexibility index (Phi) is 6.57. The van der Waals surface area contributed by atoms with Gasteiger partial charge in [0.05, 0.1) is 7.11 Å². The molecular weight excluding hydrogens is 270 g/mol. The Morgan fingerprint density at radius 3 is 2.23 bits per heavy atom. The van der Waals surface area contributed by atoms with Crippen molar-refractivity contribution in [1.82, 2.24) is 4.57 Å². The van der Waals surface area contributed by atoms with Crippen molar-refractivity contribution in [3.05, 3.63) is 42.1 Å². The van der Waals surface area contributed by atoms with Crippen molar-refractivity contribution in [2.75, 3.05) is 7.11 Å². The minimum absolute atomic E-state index is 0.912. The summed E-state index contributed by atoms with van der Waals surface area (Å²) in [5, 5.41) is 0. The minimum Gasteiger partial charge on any atom is -0.497 e. The van der Waals surface area contributed by atoms with Crippen molar-refractivity contribution in [3.8, 4) is 17.0 Å². The second-order valence-electron chi connectivity index (χ2n) is 6.01. The lowest BCUT2D eigenvalue weighted by atomic mass is 10.1. The van der Waals surface area contributed by atoms with Gasteiger partial charge in [-0.2, -0.15) is 0 Å². The molecule has 0 aliphatic heterocycles. The molecule has 0 aliphatic carbocycles. The van der Waals surface area contributed by atoms with Crippen molar-refractivity contribution < 1.29 is 4.74 Å².